The van der Waals surface area contributed by atoms with Gasteiger partial charge in [-0.25, -0.2) is 4.39 Å². The van der Waals surface area contributed by atoms with Gasteiger partial charge in [0.25, 0.3) is 5.91 Å². The number of benzene rings is 2. The Labute approximate surface area is 259 Å². The molecule has 2 aliphatic heterocycles. The van der Waals surface area contributed by atoms with Crippen LogP contribution in [0.3, 0.4) is 0 Å². The summed E-state index contributed by atoms with van der Waals surface area (Å²) in [6.07, 6.45) is -6.01. The van der Waals surface area contributed by atoms with Crippen molar-refractivity contribution in [2.75, 3.05) is 77.7 Å². The first kappa shape index (κ1) is 31.9. The molecule has 5 rings (SSSR count). The molecular formula is C32H37F4N5O2S. The van der Waals surface area contributed by atoms with Crippen LogP contribution >= 0.6 is 11.3 Å². The second-order valence-corrected chi connectivity index (χ2v) is 12.4. The summed E-state index contributed by atoms with van der Waals surface area (Å²) >= 11 is 1.19. The third kappa shape index (κ3) is 7.57. The van der Waals surface area contributed by atoms with E-state index in [1.54, 1.807) is 36.4 Å². The zero-order valence-electron chi connectivity index (χ0n) is 25.1. The highest BCUT2D eigenvalue weighted by atomic mass is 32.1. The molecule has 1 amide bonds. The molecule has 2 fully saturated rings. The number of carbonyl (C=O) groups excluding carboxylic acids is 1. The number of likely N-dealkylation sites (tertiary alicyclic amines) is 1. The van der Waals surface area contributed by atoms with Crippen molar-refractivity contribution in [2.45, 2.75) is 31.2 Å². The van der Waals surface area contributed by atoms with Crippen LogP contribution in [0.1, 0.15) is 27.2 Å². The van der Waals surface area contributed by atoms with Gasteiger partial charge in [0.05, 0.1) is 47.1 Å². The first-order valence-electron chi connectivity index (χ1n) is 14.6. The van der Waals surface area contributed by atoms with Gasteiger partial charge in [-0.05, 0) is 55.7 Å². The number of hydrogen-bond donors (Lipinski definition) is 2. The van der Waals surface area contributed by atoms with Crippen molar-refractivity contribution in [3.8, 4) is 17.6 Å². The van der Waals surface area contributed by atoms with Crippen molar-refractivity contribution in [3.63, 3.8) is 0 Å². The minimum atomic E-state index is -4.42. The lowest BCUT2D eigenvalue weighted by Crippen LogP contribution is -2.47. The molecular weight excluding hydrogens is 594 g/mol. The molecule has 44 heavy (non-hydrogen) atoms. The Bertz CT molecular complexity index is 1540. The van der Waals surface area contributed by atoms with E-state index in [-0.39, 0.29) is 18.0 Å². The summed E-state index contributed by atoms with van der Waals surface area (Å²) < 4.78 is 61.8. The number of fused-ring (bicyclic) bond motifs is 1. The third-order valence-corrected chi connectivity index (χ3v) is 9.29. The van der Waals surface area contributed by atoms with Gasteiger partial charge in [-0.3, -0.25) is 4.79 Å². The van der Waals surface area contributed by atoms with E-state index in [0.29, 0.717) is 63.7 Å². The second-order valence-electron chi connectivity index (χ2n) is 11.4. The summed E-state index contributed by atoms with van der Waals surface area (Å²) in [5, 5.41) is 6.89. The molecule has 2 saturated heterocycles. The van der Waals surface area contributed by atoms with Gasteiger partial charge < -0.3 is 30.1 Å². The van der Waals surface area contributed by atoms with Crippen LogP contribution in [0.4, 0.5) is 28.9 Å². The Morgan fingerprint density at radius 3 is 2.55 bits per heavy atom. The Morgan fingerprint density at radius 2 is 1.84 bits per heavy atom. The van der Waals surface area contributed by atoms with Crippen LogP contribution in [0.25, 0.3) is 10.1 Å². The number of piperazine rings is 1. The quantitative estimate of drug-likeness (QED) is 0.272. The molecule has 7 nitrogen and oxygen atoms in total. The topological polar surface area (TPSA) is 60.1 Å². The fourth-order valence-electron chi connectivity index (χ4n) is 5.61. The fourth-order valence-corrected chi connectivity index (χ4v) is 6.78. The van der Waals surface area contributed by atoms with Crippen molar-refractivity contribution >= 4 is 38.7 Å². The summed E-state index contributed by atoms with van der Waals surface area (Å²) in [5.41, 5.74) is 1.89. The number of alkyl halides is 4. The smallest absolute Gasteiger partial charge is 0.393 e. The summed E-state index contributed by atoms with van der Waals surface area (Å²) in [7, 11) is 5.41. The van der Waals surface area contributed by atoms with Gasteiger partial charge in [0.15, 0.2) is 0 Å². The van der Waals surface area contributed by atoms with Gasteiger partial charge in [-0.2, -0.15) is 13.2 Å². The molecule has 3 aromatic rings. The number of ether oxygens (including phenoxy) is 1. The van der Waals surface area contributed by atoms with Crippen LogP contribution in [0.15, 0.2) is 36.4 Å². The van der Waals surface area contributed by atoms with E-state index in [1.807, 2.05) is 23.9 Å². The molecule has 2 aromatic carbocycles. The Morgan fingerprint density at radius 1 is 1.07 bits per heavy atom. The molecule has 1 aromatic heterocycles. The molecule has 0 bridgehead atoms. The van der Waals surface area contributed by atoms with Crippen LogP contribution in [0.2, 0.25) is 0 Å². The van der Waals surface area contributed by atoms with Gasteiger partial charge in [0.1, 0.15) is 11.9 Å². The SMILES string of the molecule is COc1cc(C(=O)N2CCN(C)CC2)ccc1NCC#Cc1sc2c(NC3CCN(C)CC3F)cccc2c1CC(F)(F)F. The summed E-state index contributed by atoms with van der Waals surface area (Å²) in [4.78, 5) is 19.2. The highest BCUT2D eigenvalue weighted by Gasteiger charge is 2.32. The number of halogens is 4. The van der Waals surface area contributed by atoms with E-state index in [2.05, 4.69) is 27.4 Å². The standard InChI is InChI=1S/C32H37F4N5O2S/c1-39-14-16-41(17-15-39)31(42)21-9-10-26(28(18-21)43-3)37-12-5-8-29-23(19-32(34,35)36)22-6-4-7-27(30(22)44-29)38-25-11-13-40(2)20-24(25)33/h4,6-7,9-10,18,24-25,37-38H,11-17,19-20H2,1-3H3. The summed E-state index contributed by atoms with van der Waals surface area (Å²) in [6, 6.07) is 9.89. The number of nitrogens with one attached hydrogen (secondary N) is 2. The van der Waals surface area contributed by atoms with Crippen LogP contribution in [-0.2, 0) is 6.42 Å². The van der Waals surface area contributed by atoms with Gasteiger partial charge >= 0.3 is 6.18 Å². The zero-order chi connectivity index (χ0) is 31.4. The first-order valence-corrected chi connectivity index (χ1v) is 15.4. The van der Waals surface area contributed by atoms with E-state index < -0.39 is 24.8 Å². The van der Waals surface area contributed by atoms with Crippen LogP contribution in [0.5, 0.6) is 5.75 Å². The number of anilines is 2. The average molecular weight is 632 g/mol. The van der Waals surface area contributed by atoms with Crippen molar-refractivity contribution < 1.29 is 27.1 Å². The molecule has 2 aliphatic rings. The predicted octanol–water partition coefficient (Wildman–Crippen LogP) is 5.32. The van der Waals surface area contributed by atoms with Gasteiger partial charge in [0, 0.05) is 44.8 Å². The van der Waals surface area contributed by atoms with Crippen molar-refractivity contribution in [1.82, 2.24) is 14.7 Å². The van der Waals surface area contributed by atoms with Crippen LogP contribution < -0.4 is 15.4 Å². The monoisotopic (exact) mass is 631 g/mol. The molecule has 0 spiro atoms. The van der Waals surface area contributed by atoms with E-state index in [0.717, 1.165) is 19.6 Å². The fraction of sp³-hybridized carbons (Fsp3) is 0.469. The Kier molecular flexibility index (Phi) is 9.87. The molecule has 236 valence electrons. The normalized spacial score (nSPS) is 19.8. The molecule has 12 heteroatoms. The van der Waals surface area contributed by atoms with Crippen molar-refractivity contribution in [3.05, 3.63) is 52.4 Å². The van der Waals surface area contributed by atoms with Crippen molar-refractivity contribution in [1.29, 1.82) is 0 Å². The lowest BCUT2D eigenvalue weighted by atomic mass is 10.0. The van der Waals surface area contributed by atoms with E-state index in [1.165, 1.54) is 18.4 Å². The van der Waals surface area contributed by atoms with Gasteiger partial charge in [-0.15, -0.1) is 11.3 Å². The minimum Gasteiger partial charge on any atom is -0.495 e. The minimum absolute atomic E-state index is 0.0589. The number of nitrogens with zero attached hydrogens (tertiary/aromatic N) is 3. The van der Waals surface area contributed by atoms with Crippen molar-refractivity contribution in [2.24, 2.45) is 0 Å². The predicted molar refractivity (Wildman–Crippen MR) is 168 cm³/mol. The number of thiophene rings is 1. The number of piperidine rings is 1. The lowest BCUT2D eigenvalue weighted by molar-refractivity contribution is -0.126. The largest absolute Gasteiger partial charge is 0.495 e. The highest BCUT2D eigenvalue weighted by Crippen LogP contribution is 2.39. The lowest BCUT2D eigenvalue weighted by Gasteiger charge is -2.33. The maximum absolute atomic E-state index is 14.7. The van der Waals surface area contributed by atoms with Gasteiger partial charge in [-0.1, -0.05) is 24.0 Å². The molecule has 3 heterocycles. The van der Waals surface area contributed by atoms with E-state index in [9.17, 15) is 22.4 Å². The van der Waals surface area contributed by atoms with E-state index in [4.69, 9.17) is 4.74 Å². The molecule has 2 unspecified atom stereocenters. The molecule has 2 atom stereocenters. The Hall–Kier alpha value is -3.53. The third-order valence-electron chi connectivity index (χ3n) is 8.09. The number of hydrogen-bond acceptors (Lipinski definition) is 7. The Balaban J connectivity index is 1.33. The number of carbonyl (C=O) groups is 1. The van der Waals surface area contributed by atoms with Crippen LogP contribution in [-0.4, -0.2) is 106 Å². The number of rotatable bonds is 7. The van der Waals surface area contributed by atoms with Crippen LogP contribution in [0, 0.1) is 11.8 Å². The molecule has 0 aliphatic carbocycles. The zero-order valence-corrected chi connectivity index (χ0v) is 25.9. The first-order chi connectivity index (χ1) is 21.0. The van der Waals surface area contributed by atoms with Gasteiger partial charge in [0.2, 0.25) is 0 Å². The molecule has 0 saturated carbocycles. The number of methoxy groups -OCH3 is 1. The number of likely N-dealkylation sites (N-methyl/N-ethyl adjacent to an activating group) is 1. The van der Waals surface area contributed by atoms with E-state index >= 15 is 0 Å². The second kappa shape index (κ2) is 13.6. The number of amides is 1. The average Bonchev–Trinajstić information content (AvgIpc) is 3.33. The summed E-state index contributed by atoms with van der Waals surface area (Å²) in [6.45, 7) is 4.15. The molecule has 2 N–H and O–H groups in total. The maximum Gasteiger partial charge on any atom is 0.393 e. The highest BCUT2D eigenvalue weighted by molar-refractivity contribution is 7.20. The summed E-state index contributed by atoms with van der Waals surface area (Å²) in [5.74, 6) is 6.32. The molecule has 0 radical (unpaired) electrons. The maximum atomic E-state index is 14.7.